The maximum Gasteiger partial charge on any atom is 0.134 e. The smallest absolute Gasteiger partial charge is 0.134 e. The lowest BCUT2D eigenvalue weighted by Gasteiger charge is -2.14. The Morgan fingerprint density at radius 1 is 0.667 bits per heavy atom. The molecule has 0 bridgehead atoms. The molecule has 3 rings (SSSR count). The van der Waals surface area contributed by atoms with Crippen molar-refractivity contribution in [3.8, 4) is 5.75 Å². The molecule has 0 aliphatic carbocycles. The van der Waals surface area contributed by atoms with Crippen LogP contribution in [0.5, 0.6) is 5.75 Å². The fourth-order valence-corrected chi connectivity index (χ4v) is 3.85. The fourth-order valence-electron chi connectivity index (χ4n) is 3.85. The van der Waals surface area contributed by atoms with Crippen molar-refractivity contribution in [2.24, 2.45) is 0 Å². The molecule has 0 heterocycles. The summed E-state index contributed by atoms with van der Waals surface area (Å²) >= 11 is 0. The van der Waals surface area contributed by atoms with Crippen molar-refractivity contribution in [3.63, 3.8) is 0 Å². The maximum atomic E-state index is 6.38. The van der Waals surface area contributed by atoms with Gasteiger partial charge in [0.2, 0.25) is 0 Å². The first kappa shape index (κ1) is 19.7. The predicted octanol–water partition coefficient (Wildman–Crippen LogP) is 8.07. The van der Waals surface area contributed by atoms with Crippen molar-refractivity contribution in [2.45, 2.75) is 71.6 Å². The minimum Gasteiger partial charge on any atom is -0.492 e. The predicted molar refractivity (Wildman–Crippen MR) is 119 cm³/mol. The van der Waals surface area contributed by atoms with Gasteiger partial charge in [-0.3, -0.25) is 0 Å². The van der Waals surface area contributed by atoms with Crippen LogP contribution in [0.1, 0.15) is 70.8 Å². The zero-order chi connectivity index (χ0) is 18.9. The SMILES string of the molecule is CCCCCCCCCCOc1c2ccccc2cc2ccc(CC)cc12. The zero-order valence-corrected chi connectivity index (χ0v) is 17.1. The van der Waals surface area contributed by atoms with Gasteiger partial charge in [0.05, 0.1) is 6.61 Å². The normalized spacial score (nSPS) is 11.3. The van der Waals surface area contributed by atoms with Gasteiger partial charge in [0, 0.05) is 10.8 Å². The Labute approximate surface area is 164 Å². The van der Waals surface area contributed by atoms with E-state index in [1.165, 1.54) is 72.1 Å². The Balaban J connectivity index is 1.66. The Hall–Kier alpha value is -2.02. The van der Waals surface area contributed by atoms with Crippen LogP contribution in [-0.2, 0) is 6.42 Å². The molecule has 0 aliphatic rings. The van der Waals surface area contributed by atoms with Gasteiger partial charge in [0.15, 0.2) is 0 Å². The lowest BCUT2D eigenvalue weighted by Crippen LogP contribution is -1.99. The topological polar surface area (TPSA) is 9.23 Å². The van der Waals surface area contributed by atoms with Crippen LogP contribution < -0.4 is 4.74 Å². The summed E-state index contributed by atoms with van der Waals surface area (Å²) in [5, 5.41) is 5.03. The average molecular weight is 363 g/mol. The van der Waals surface area contributed by atoms with Crippen LogP contribution in [0.2, 0.25) is 0 Å². The molecule has 0 fully saturated rings. The van der Waals surface area contributed by atoms with E-state index in [-0.39, 0.29) is 0 Å². The molecule has 0 saturated heterocycles. The van der Waals surface area contributed by atoms with Gasteiger partial charge in [-0.25, -0.2) is 0 Å². The molecule has 144 valence electrons. The van der Waals surface area contributed by atoms with Gasteiger partial charge in [-0.2, -0.15) is 0 Å². The summed E-state index contributed by atoms with van der Waals surface area (Å²) in [5.41, 5.74) is 1.37. The van der Waals surface area contributed by atoms with Crippen molar-refractivity contribution in [1.29, 1.82) is 0 Å². The molecule has 0 unspecified atom stereocenters. The molecule has 0 atom stereocenters. The largest absolute Gasteiger partial charge is 0.492 e. The lowest BCUT2D eigenvalue weighted by molar-refractivity contribution is 0.311. The number of benzene rings is 3. The van der Waals surface area contributed by atoms with Gasteiger partial charge >= 0.3 is 0 Å². The van der Waals surface area contributed by atoms with Gasteiger partial charge in [-0.1, -0.05) is 95.2 Å². The van der Waals surface area contributed by atoms with Crippen molar-refractivity contribution in [2.75, 3.05) is 6.61 Å². The van der Waals surface area contributed by atoms with E-state index in [0.717, 1.165) is 25.2 Å². The molecule has 3 aromatic rings. The van der Waals surface area contributed by atoms with Gasteiger partial charge < -0.3 is 4.74 Å². The monoisotopic (exact) mass is 362 g/mol. The highest BCUT2D eigenvalue weighted by Gasteiger charge is 2.09. The van der Waals surface area contributed by atoms with Crippen LogP contribution >= 0.6 is 0 Å². The first-order valence-corrected chi connectivity index (χ1v) is 10.9. The molecule has 27 heavy (non-hydrogen) atoms. The van der Waals surface area contributed by atoms with E-state index in [2.05, 4.69) is 62.4 Å². The molecular formula is C26H34O. The van der Waals surface area contributed by atoms with Crippen molar-refractivity contribution < 1.29 is 4.74 Å². The van der Waals surface area contributed by atoms with E-state index in [0.29, 0.717) is 0 Å². The van der Waals surface area contributed by atoms with Crippen LogP contribution in [-0.4, -0.2) is 6.61 Å². The van der Waals surface area contributed by atoms with E-state index < -0.39 is 0 Å². The summed E-state index contributed by atoms with van der Waals surface area (Å²) in [7, 11) is 0. The molecule has 1 nitrogen and oxygen atoms in total. The van der Waals surface area contributed by atoms with E-state index in [1.807, 2.05) is 0 Å². The number of unbranched alkanes of at least 4 members (excludes halogenated alkanes) is 7. The van der Waals surface area contributed by atoms with E-state index in [9.17, 15) is 0 Å². The summed E-state index contributed by atoms with van der Waals surface area (Å²) < 4.78 is 6.38. The van der Waals surface area contributed by atoms with Crippen molar-refractivity contribution in [1.82, 2.24) is 0 Å². The Morgan fingerprint density at radius 3 is 2.15 bits per heavy atom. The van der Waals surface area contributed by atoms with Gasteiger partial charge in [-0.15, -0.1) is 0 Å². The Kier molecular flexibility index (Phi) is 7.56. The van der Waals surface area contributed by atoms with Gasteiger partial charge in [-0.05, 0) is 41.3 Å². The number of hydrogen-bond donors (Lipinski definition) is 0. The first-order chi connectivity index (χ1) is 13.3. The molecule has 0 amide bonds. The minimum atomic E-state index is 0.814. The molecule has 0 saturated carbocycles. The average Bonchev–Trinajstić information content (AvgIpc) is 2.71. The second-order valence-corrected chi connectivity index (χ2v) is 7.66. The molecule has 0 N–H and O–H groups in total. The number of fused-ring (bicyclic) bond motifs is 2. The molecule has 0 aromatic heterocycles. The summed E-state index contributed by atoms with van der Waals surface area (Å²) in [4.78, 5) is 0. The van der Waals surface area contributed by atoms with Crippen LogP contribution in [0.25, 0.3) is 21.5 Å². The molecule has 1 heteroatoms. The summed E-state index contributed by atoms with van der Waals surface area (Å²) in [5.74, 6) is 1.07. The standard InChI is InChI=1S/C26H34O/c1-3-5-6-7-8-9-10-13-18-27-26-24-15-12-11-14-22(24)20-23-17-16-21(4-2)19-25(23)26/h11-12,14-17,19-20H,3-10,13,18H2,1-2H3. The molecule has 3 aromatic carbocycles. The third kappa shape index (κ3) is 5.25. The van der Waals surface area contributed by atoms with Crippen LogP contribution in [0.4, 0.5) is 0 Å². The Morgan fingerprint density at radius 2 is 1.37 bits per heavy atom. The fraction of sp³-hybridized carbons (Fsp3) is 0.462. The summed E-state index contributed by atoms with van der Waals surface area (Å²) in [6.07, 6.45) is 11.7. The lowest BCUT2D eigenvalue weighted by atomic mass is 9.99. The van der Waals surface area contributed by atoms with Crippen LogP contribution in [0.15, 0.2) is 48.5 Å². The highest BCUT2D eigenvalue weighted by Crippen LogP contribution is 2.35. The summed E-state index contributed by atoms with van der Waals surface area (Å²) in [6, 6.07) is 17.7. The van der Waals surface area contributed by atoms with Crippen molar-refractivity contribution in [3.05, 3.63) is 54.1 Å². The third-order valence-corrected chi connectivity index (χ3v) is 5.53. The number of ether oxygens (including phenoxy) is 1. The molecule has 0 radical (unpaired) electrons. The molecule has 0 aliphatic heterocycles. The van der Waals surface area contributed by atoms with Crippen LogP contribution in [0.3, 0.4) is 0 Å². The first-order valence-electron chi connectivity index (χ1n) is 10.9. The summed E-state index contributed by atoms with van der Waals surface area (Å²) in [6.45, 7) is 5.30. The minimum absolute atomic E-state index is 0.814. The molecule has 0 spiro atoms. The highest BCUT2D eigenvalue weighted by atomic mass is 16.5. The maximum absolute atomic E-state index is 6.38. The third-order valence-electron chi connectivity index (χ3n) is 5.53. The quantitative estimate of drug-likeness (QED) is 0.247. The Bertz CT molecular complexity index is 849. The second-order valence-electron chi connectivity index (χ2n) is 7.66. The van der Waals surface area contributed by atoms with E-state index in [1.54, 1.807) is 0 Å². The number of aryl methyl sites for hydroxylation is 1. The second kappa shape index (κ2) is 10.3. The van der Waals surface area contributed by atoms with Crippen LogP contribution in [0, 0.1) is 0 Å². The van der Waals surface area contributed by atoms with Gasteiger partial charge in [0.1, 0.15) is 5.75 Å². The highest BCUT2D eigenvalue weighted by molar-refractivity contribution is 6.05. The number of hydrogen-bond acceptors (Lipinski definition) is 1. The molecular weight excluding hydrogens is 328 g/mol. The zero-order valence-electron chi connectivity index (χ0n) is 17.1. The van der Waals surface area contributed by atoms with Gasteiger partial charge in [0.25, 0.3) is 0 Å². The van der Waals surface area contributed by atoms with E-state index in [4.69, 9.17) is 4.74 Å². The van der Waals surface area contributed by atoms with E-state index >= 15 is 0 Å². The number of rotatable bonds is 11. The van der Waals surface area contributed by atoms with Crippen molar-refractivity contribution >= 4 is 21.5 Å².